The number of alkyl halides is 1. The summed E-state index contributed by atoms with van der Waals surface area (Å²) in [6.45, 7) is 15.9. The van der Waals surface area contributed by atoms with E-state index in [0.29, 0.717) is 0 Å². The van der Waals surface area contributed by atoms with Crippen LogP contribution in [0.15, 0.2) is 91.3 Å². The Morgan fingerprint density at radius 1 is 0.725 bits per heavy atom. The second-order valence-electron chi connectivity index (χ2n) is 9.93. The van der Waals surface area contributed by atoms with Gasteiger partial charge in [-0.25, -0.2) is 9.37 Å². The molecule has 0 aliphatic carbocycles. The summed E-state index contributed by atoms with van der Waals surface area (Å²) in [5.74, 6) is -0.255. The highest BCUT2D eigenvalue weighted by Gasteiger charge is 2.24. The van der Waals surface area contributed by atoms with E-state index in [1.54, 1.807) is 6.92 Å². The van der Waals surface area contributed by atoms with E-state index >= 15 is 0 Å². The molecule has 0 aliphatic rings. The average Bonchev–Trinajstić information content (AvgIpc) is 3.48. The van der Waals surface area contributed by atoms with E-state index in [1.807, 2.05) is 53.1 Å². The summed E-state index contributed by atoms with van der Waals surface area (Å²) >= 11 is 0. The normalized spacial score (nSPS) is 12.4. The zero-order valence-corrected chi connectivity index (χ0v) is 25.1. The minimum Gasteiger partial charge on any atom is -0.299 e. The molecule has 0 bridgehead atoms. The van der Waals surface area contributed by atoms with Crippen LogP contribution in [0.25, 0.3) is 49.6 Å². The fourth-order valence-corrected chi connectivity index (χ4v) is 5.60. The predicted molar refractivity (Wildman–Crippen MR) is 172 cm³/mol. The molecule has 3 heteroatoms. The van der Waals surface area contributed by atoms with Crippen molar-refractivity contribution < 1.29 is 4.39 Å². The molecule has 2 aromatic heterocycles. The Morgan fingerprint density at radius 3 is 2.08 bits per heavy atom. The molecule has 6 aromatic rings. The maximum atomic E-state index is 14.8. The van der Waals surface area contributed by atoms with Gasteiger partial charge in [-0.05, 0) is 66.3 Å². The number of fused-ring (bicyclic) bond motifs is 6. The van der Waals surface area contributed by atoms with Gasteiger partial charge in [-0.1, -0.05) is 101 Å². The zero-order chi connectivity index (χ0) is 29.0. The third-order valence-electron chi connectivity index (χ3n) is 7.57. The number of pyridine rings is 1. The van der Waals surface area contributed by atoms with Crippen molar-refractivity contribution in [2.75, 3.05) is 0 Å². The molecule has 2 heterocycles. The van der Waals surface area contributed by atoms with E-state index in [1.165, 1.54) is 27.8 Å². The van der Waals surface area contributed by atoms with Gasteiger partial charge in [0.05, 0.1) is 5.52 Å². The molecular formula is C37H41FN2. The summed E-state index contributed by atoms with van der Waals surface area (Å²) in [7, 11) is 0. The molecule has 1 unspecified atom stereocenters. The first kappa shape index (κ1) is 29.0. The molecule has 0 fully saturated rings. The quantitative estimate of drug-likeness (QED) is 0.206. The van der Waals surface area contributed by atoms with Crippen molar-refractivity contribution in [2.24, 2.45) is 0 Å². The highest BCUT2D eigenvalue weighted by atomic mass is 19.1. The van der Waals surface area contributed by atoms with E-state index in [0.717, 1.165) is 38.4 Å². The lowest BCUT2D eigenvalue weighted by molar-refractivity contribution is 0.318. The summed E-state index contributed by atoms with van der Waals surface area (Å²) in [5, 5.41) is 3.34. The van der Waals surface area contributed by atoms with Crippen LogP contribution >= 0.6 is 0 Å². The highest BCUT2D eigenvalue weighted by molar-refractivity contribution is 6.21. The summed E-state index contributed by atoms with van der Waals surface area (Å²) in [6, 6.07) is 27.8. The molecule has 0 radical (unpaired) electrons. The van der Waals surface area contributed by atoms with E-state index in [-0.39, 0.29) is 5.92 Å². The third-order valence-corrected chi connectivity index (χ3v) is 7.57. The van der Waals surface area contributed by atoms with Crippen LogP contribution in [0.3, 0.4) is 0 Å². The van der Waals surface area contributed by atoms with Crippen LogP contribution in [0.1, 0.15) is 64.2 Å². The SMILES string of the molecule is CC.CC.Cc1cc(-c2ccccc2)c2c(c1)c1c(-c3ccccc3C)ccc(C(C)[C@@H](C)F)c1c1nccn12. The average molecular weight is 533 g/mol. The Labute approximate surface area is 238 Å². The largest absolute Gasteiger partial charge is 0.299 e. The second kappa shape index (κ2) is 12.5. The Kier molecular flexibility index (Phi) is 9.04. The molecule has 0 spiro atoms. The summed E-state index contributed by atoms with van der Waals surface area (Å²) in [6.07, 6.45) is 2.92. The van der Waals surface area contributed by atoms with Gasteiger partial charge in [0, 0.05) is 40.0 Å². The highest BCUT2D eigenvalue weighted by Crippen LogP contribution is 2.44. The van der Waals surface area contributed by atoms with Gasteiger partial charge in [0.25, 0.3) is 0 Å². The molecule has 0 saturated carbocycles. The van der Waals surface area contributed by atoms with Crippen molar-refractivity contribution in [1.82, 2.24) is 9.38 Å². The van der Waals surface area contributed by atoms with Crippen LogP contribution in [-0.4, -0.2) is 15.6 Å². The van der Waals surface area contributed by atoms with Crippen LogP contribution in [0, 0.1) is 13.8 Å². The molecule has 0 aliphatic heterocycles. The Bertz CT molecular complexity index is 1750. The zero-order valence-electron chi connectivity index (χ0n) is 25.1. The van der Waals surface area contributed by atoms with Crippen molar-refractivity contribution in [2.45, 2.75) is 67.5 Å². The van der Waals surface area contributed by atoms with Crippen LogP contribution in [0.4, 0.5) is 4.39 Å². The van der Waals surface area contributed by atoms with Crippen molar-refractivity contribution in [3.63, 3.8) is 0 Å². The second-order valence-corrected chi connectivity index (χ2v) is 9.93. The number of aromatic nitrogens is 2. The monoisotopic (exact) mass is 532 g/mol. The predicted octanol–water partition coefficient (Wildman–Crippen LogP) is 11.1. The lowest BCUT2D eigenvalue weighted by Crippen LogP contribution is -2.08. The number of hydrogen-bond donors (Lipinski definition) is 0. The number of rotatable bonds is 4. The molecule has 0 amide bonds. The van der Waals surface area contributed by atoms with Gasteiger partial charge in [0.1, 0.15) is 11.8 Å². The van der Waals surface area contributed by atoms with Gasteiger partial charge >= 0.3 is 0 Å². The number of benzene rings is 4. The molecule has 0 saturated heterocycles. The van der Waals surface area contributed by atoms with Gasteiger partial charge in [-0.3, -0.25) is 4.40 Å². The number of hydrogen-bond acceptors (Lipinski definition) is 1. The van der Waals surface area contributed by atoms with Gasteiger partial charge in [0.15, 0.2) is 0 Å². The van der Waals surface area contributed by atoms with Crippen LogP contribution in [0.2, 0.25) is 0 Å². The third kappa shape index (κ3) is 5.01. The number of imidazole rings is 1. The maximum Gasteiger partial charge on any atom is 0.145 e. The smallest absolute Gasteiger partial charge is 0.145 e. The van der Waals surface area contributed by atoms with Gasteiger partial charge < -0.3 is 0 Å². The molecule has 0 N–H and O–H groups in total. The van der Waals surface area contributed by atoms with Crippen LogP contribution in [-0.2, 0) is 0 Å². The minimum absolute atomic E-state index is 0.255. The van der Waals surface area contributed by atoms with E-state index < -0.39 is 6.17 Å². The number of nitrogens with zero attached hydrogens (tertiary/aromatic N) is 2. The van der Waals surface area contributed by atoms with Crippen molar-refractivity contribution >= 4 is 27.3 Å². The molecule has 206 valence electrons. The Balaban J connectivity index is 0.000000886. The molecule has 6 rings (SSSR count). The van der Waals surface area contributed by atoms with Gasteiger partial charge in [-0.2, -0.15) is 0 Å². The molecule has 40 heavy (non-hydrogen) atoms. The van der Waals surface area contributed by atoms with E-state index in [4.69, 9.17) is 4.98 Å². The standard InChI is InChI=1S/C33H29FN2.2C2H6/c1-20-18-28(24-11-6-5-7-12-24)32-29(19-20)30-27(25-13-9-8-10-21(25)2)15-14-26(22(3)23(4)34)31(30)33-35-16-17-36(32)33;2*1-2/h5-19,22-23H,1-4H3;2*1-2H3/t22?,23-;;/m1../s1. The molecular weight excluding hydrogens is 491 g/mol. The summed E-state index contributed by atoms with van der Waals surface area (Å²) in [4.78, 5) is 4.85. The Hall–Kier alpha value is -3.98. The molecule has 4 aromatic carbocycles. The Morgan fingerprint density at radius 2 is 1.40 bits per heavy atom. The fourth-order valence-electron chi connectivity index (χ4n) is 5.60. The molecule has 2 nitrogen and oxygen atoms in total. The summed E-state index contributed by atoms with van der Waals surface area (Å²) in [5.41, 5.74) is 10.1. The number of halogens is 1. The lowest BCUT2D eigenvalue weighted by atomic mass is 9.85. The fraction of sp³-hybridized carbons (Fsp3) is 0.270. The topological polar surface area (TPSA) is 17.3 Å². The first-order valence-corrected chi connectivity index (χ1v) is 14.6. The van der Waals surface area contributed by atoms with Gasteiger partial charge in [0.2, 0.25) is 0 Å². The van der Waals surface area contributed by atoms with Crippen molar-refractivity contribution in [3.8, 4) is 22.3 Å². The lowest BCUT2D eigenvalue weighted by Gasteiger charge is -2.22. The first-order chi connectivity index (χ1) is 19.5. The van der Waals surface area contributed by atoms with Crippen molar-refractivity contribution in [3.05, 3.63) is 108 Å². The van der Waals surface area contributed by atoms with Crippen LogP contribution in [0.5, 0.6) is 0 Å². The van der Waals surface area contributed by atoms with E-state index in [9.17, 15) is 4.39 Å². The van der Waals surface area contributed by atoms with E-state index in [2.05, 4.69) is 91.0 Å². The molecule has 2 atom stereocenters. The first-order valence-electron chi connectivity index (χ1n) is 14.6. The van der Waals surface area contributed by atoms with Crippen LogP contribution < -0.4 is 0 Å². The summed E-state index contributed by atoms with van der Waals surface area (Å²) < 4.78 is 17.0. The van der Waals surface area contributed by atoms with Gasteiger partial charge in [-0.15, -0.1) is 0 Å². The number of aryl methyl sites for hydroxylation is 2. The minimum atomic E-state index is -0.972. The maximum absolute atomic E-state index is 14.8. The van der Waals surface area contributed by atoms with Crippen molar-refractivity contribution in [1.29, 1.82) is 0 Å².